The normalized spacial score (nSPS) is 11.0. The van der Waals surface area contributed by atoms with Gasteiger partial charge in [-0.15, -0.1) is 0 Å². The molecule has 6 heteroatoms. The van der Waals surface area contributed by atoms with Gasteiger partial charge in [-0.25, -0.2) is 9.37 Å². The molecule has 0 aliphatic heterocycles. The van der Waals surface area contributed by atoms with Gasteiger partial charge in [0.1, 0.15) is 23.8 Å². The van der Waals surface area contributed by atoms with Gasteiger partial charge >= 0.3 is 0 Å². The molecule has 0 atom stereocenters. The van der Waals surface area contributed by atoms with E-state index in [-0.39, 0.29) is 11.4 Å². The van der Waals surface area contributed by atoms with Crippen molar-refractivity contribution in [1.82, 2.24) is 9.97 Å². The highest BCUT2D eigenvalue weighted by molar-refractivity contribution is 6.10. The maximum absolute atomic E-state index is 13.3. The summed E-state index contributed by atoms with van der Waals surface area (Å²) in [5.41, 5.74) is 2.84. The van der Waals surface area contributed by atoms with E-state index < -0.39 is 0 Å². The van der Waals surface area contributed by atoms with E-state index in [1.54, 1.807) is 18.3 Å². The molecule has 0 aliphatic rings. The van der Waals surface area contributed by atoms with Crippen LogP contribution in [0.4, 0.5) is 15.8 Å². The number of nitrogens with zero attached hydrogens (tertiary/aromatic N) is 1. The number of benzene rings is 3. The Hall–Kier alpha value is -4.19. The molecule has 0 aliphatic carbocycles. The monoisotopic (exact) mass is 411 g/mol. The van der Waals surface area contributed by atoms with Crippen molar-refractivity contribution in [2.45, 2.75) is 6.61 Å². The summed E-state index contributed by atoms with van der Waals surface area (Å²) in [6.45, 7) is 0.291. The summed E-state index contributed by atoms with van der Waals surface area (Å²) in [5.74, 6) is 0.406. The van der Waals surface area contributed by atoms with E-state index in [1.165, 1.54) is 12.1 Å². The van der Waals surface area contributed by atoms with Crippen molar-refractivity contribution in [3.05, 3.63) is 107 Å². The van der Waals surface area contributed by atoms with Crippen LogP contribution in [0.3, 0.4) is 0 Å². The zero-order valence-corrected chi connectivity index (χ0v) is 16.4. The Morgan fingerprint density at radius 1 is 0.935 bits per heavy atom. The predicted molar refractivity (Wildman–Crippen MR) is 120 cm³/mol. The number of halogens is 1. The zero-order chi connectivity index (χ0) is 21.2. The Labute approximate surface area is 177 Å². The largest absolute Gasteiger partial charge is 0.489 e. The number of hydrogen-bond donors (Lipinski definition) is 2. The minimum Gasteiger partial charge on any atom is -0.489 e. The second-order valence-electron chi connectivity index (χ2n) is 7.15. The molecule has 2 N–H and O–H groups in total. The number of nitrogens with one attached hydrogen (secondary N) is 2. The minimum absolute atomic E-state index is 0.160. The molecule has 3 aromatic carbocycles. The fraction of sp³-hybridized carbons (Fsp3) is 0.0400. The summed E-state index contributed by atoms with van der Waals surface area (Å²) in [4.78, 5) is 19.5. The summed E-state index contributed by atoms with van der Waals surface area (Å²) < 4.78 is 19.0. The number of H-pyrrole nitrogens is 1. The van der Waals surface area contributed by atoms with Gasteiger partial charge < -0.3 is 15.0 Å². The molecule has 0 unspecified atom stereocenters. The molecular formula is C25H18FN3O2. The standard InChI is InChI=1S/C25H18FN3O2/c26-17-5-3-4-16(14-17)15-31-19-10-8-18(9-11-19)28-22-12-13-27-24-23(22)20-6-1-2-7-21(20)25(30)29-24/h1-14H,15H2,(H2,27,28,29,30). The highest BCUT2D eigenvalue weighted by atomic mass is 19.1. The lowest BCUT2D eigenvalue weighted by Crippen LogP contribution is -2.08. The molecule has 5 aromatic rings. The van der Waals surface area contributed by atoms with Gasteiger partial charge in [0.05, 0.1) is 5.69 Å². The minimum atomic E-state index is -0.279. The molecular weight excluding hydrogens is 393 g/mol. The van der Waals surface area contributed by atoms with Crippen molar-refractivity contribution in [3.8, 4) is 5.75 Å². The average molecular weight is 411 g/mol. The Kier molecular flexibility index (Phi) is 4.80. The fourth-order valence-electron chi connectivity index (χ4n) is 3.59. The first-order valence-corrected chi connectivity index (χ1v) is 9.81. The van der Waals surface area contributed by atoms with Gasteiger partial charge in [0.25, 0.3) is 5.56 Å². The topological polar surface area (TPSA) is 67.0 Å². The Balaban J connectivity index is 1.41. The maximum atomic E-state index is 13.3. The SMILES string of the molecule is O=c1[nH]c2nccc(Nc3ccc(OCc4cccc(F)c4)cc3)c2c2ccccc12. The van der Waals surface area contributed by atoms with Crippen LogP contribution in [0, 0.1) is 5.82 Å². The first-order chi connectivity index (χ1) is 15.2. The third kappa shape index (κ3) is 3.83. The molecule has 2 heterocycles. The van der Waals surface area contributed by atoms with E-state index in [0.717, 1.165) is 27.7 Å². The number of anilines is 2. The van der Waals surface area contributed by atoms with Crippen molar-refractivity contribution in [2.75, 3.05) is 5.32 Å². The van der Waals surface area contributed by atoms with Crippen LogP contribution in [0.5, 0.6) is 5.75 Å². The number of pyridine rings is 2. The van der Waals surface area contributed by atoms with Crippen LogP contribution in [-0.4, -0.2) is 9.97 Å². The van der Waals surface area contributed by atoms with Crippen molar-refractivity contribution in [3.63, 3.8) is 0 Å². The molecule has 0 bridgehead atoms. The Morgan fingerprint density at radius 3 is 2.55 bits per heavy atom. The van der Waals surface area contributed by atoms with Gasteiger partial charge in [-0.05, 0) is 54.1 Å². The lowest BCUT2D eigenvalue weighted by molar-refractivity contribution is 0.305. The lowest BCUT2D eigenvalue weighted by Gasteiger charge is -2.12. The molecule has 0 amide bonds. The van der Waals surface area contributed by atoms with Gasteiger partial charge in [0, 0.05) is 28.0 Å². The van der Waals surface area contributed by atoms with Crippen LogP contribution in [-0.2, 0) is 6.61 Å². The summed E-state index contributed by atoms with van der Waals surface area (Å²) >= 11 is 0. The van der Waals surface area contributed by atoms with Gasteiger partial charge in [-0.1, -0.05) is 30.3 Å². The van der Waals surface area contributed by atoms with E-state index in [9.17, 15) is 9.18 Å². The smallest absolute Gasteiger partial charge is 0.257 e. The number of hydrogen-bond acceptors (Lipinski definition) is 4. The zero-order valence-electron chi connectivity index (χ0n) is 16.4. The third-order valence-corrected chi connectivity index (χ3v) is 5.05. The number of aromatic nitrogens is 2. The van der Waals surface area contributed by atoms with E-state index in [0.29, 0.717) is 23.4 Å². The first-order valence-electron chi connectivity index (χ1n) is 9.81. The number of fused-ring (bicyclic) bond motifs is 3. The molecule has 152 valence electrons. The summed E-state index contributed by atoms with van der Waals surface area (Å²) in [5, 5.41) is 5.71. The van der Waals surface area contributed by atoms with Crippen LogP contribution in [0.1, 0.15) is 5.56 Å². The van der Waals surface area contributed by atoms with Crippen LogP contribution < -0.4 is 15.6 Å². The Bertz CT molecular complexity index is 1450. The maximum Gasteiger partial charge on any atom is 0.257 e. The molecule has 0 saturated heterocycles. The molecule has 2 aromatic heterocycles. The highest BCUT2D eigenvalue weighted by Gasteiger charge is 2.10. The number of ether oxygens (including phenoxy) is 1. The molecule has 0 fully saturated rings. The van der Waals surface area contributed by atoms with Crippen molar-refractivity contribution < 1.29 is 9.13 Å². The van der Waals surface area contributed by atoms with E-state index >= 15 is 0 Å². The van der Waals surface area contributed by atoms with Gasteiger partial charge in [-0.2, -0.15) is 0 Å². The number of rotatable bonds is 5. The van der Waals surface area contributed by atoms with Crippen molar-refractivity contribution in [1.29, 1.82) is 0 Å². The van der Waals surface area contributed by atoms with E-state index in [4.69, 9.17) is 4.74 Å². The molecule has 0 saturated carbocycles. The second kappa shape index (κ2) is 7.91. The fourth-order valence-corrected chi connectivity index (χ4v) is 3.59. The molecule has 5 nitrogen and oxygen atoms in total. The molecule has 31 heavy (non-hydrogen) atoms. The van der Waals surface area contributed by atoms with Crippen molar-refractivity contribution >= 4 is 33.2 Å². The lowest BCUT2D eigenvalue weighted by atomic mass is 10.1. The summed E-state index contributed by atoms with van der Waals surface area (Å²) in [7, 11) is 0. The third-order valence-electron chi connectivity index (χ3n) is 5.05. The second-order valence-corrected chi connectivity index (χ2v) is 7.15. The predicted octanol–water partition coefficient (Wildman–Crippen LogP) is 5.54. The molecule has 0 radical (unpaired) electrons. The van der Waals surface area contributed by atoms with E-state index in [1.807, 2.05) is 54.6 Å². The van der Waals surface area contributed by atoms with Crippen LogP contribution >= 0.6 is 0 Å². The molecule has 5 rings (SSSR count). The Morgan fingerprint density at radius 2 is 1.74 bits per heavy atom. The van der Waals surface area contributed by atoms with Crippen LogP contribution in [0.15, 0.2) is 89.9 Å². The van der Waals surface area contributed by atoms with Crippen LogP contribution in [0.25, 0.3) is 21.8 Å². The van der Waals surface area contributed by atoms with Gasteiger partial charge in [0.2, 0.25) is 0 Å². The van der Waals surface area contributed by atoms with Crippen LogP contribution in [0.2, 0.25) is 0 Å². The number of aromatic amines is 1. The average Bonchev–Trinajstić information content (AvgIpc) is 2.79. The summed E-state index contributed by atoms with van der Waals surface area (Å²) in [6.07, 6.45) is 1.66. The molecule has 0 spiro atoms. The van der Waals surface area contributed by atoms with Gasteiger partial charge in [-0.3, -0.25) is 4.79 Å². The summed E-state index contributed by atoms with van der Waals surface area (Å²) in [6, 6.07) is 23.2. The highest BCUT2D eigenvalue weighted by Crippen LogP contribution is 2.30. The quantitative estimate of drug-likeness (QED) is 0.373. The van der Waals surface area contributed by atoms with E-state index in [2.05, 4.69) is 15.3 Å². The van der Waals surface area contributed by atoms with Gasteiger partial charge in [0.15, 0.2) is 0 Å². The van der Waals surface area contributed by atoms with Crippen molar-refractivity contribution in [2.24, 2.45) is 0 Å². The first kappa shape index (κ1) is 18.8.